The smallest absolute Gasteiger partial charge is 0.396 e. The second-order valence-corrected chi connectivity index (χ2v) is 6.86. The summed E-state index contributed by atoms with van der Waals surface area (Å²) >= 11 is 0. The normalized spacial score (nSPS) is 17.0. The van der Waals surface area contributed by atoms with Gasteiger partial charge in [-0.2, -0.15) is 13.2 Å². The number of hydrogen-bond donors (Lipinski definition) is 1. The van der Waals surface area contributed by atoms with Crippen molar-refractivity contribution in [3.63, 3.8) is 0 Å². The third kappa shape index (κ3) is 6.13. The molecule has 1 aliphatic rings. The summed E-state index contributed by atoms with van der Waals surface area (Å²) < 4.78 is 38.7. The van der Waals surface area contributed by atoms with Gasteiger partial charge in [0.15, 0.2) is 0 Å². The summed E-state index contributed by atoms with van der Waals surface area (Å²) in [6.07, 6.45) is 1.89. The molecule has 0 radical (unpaired) electrons. The van der Waals surface area contributed by atoms with Crippen LogP contribution < -0.4 is 0 Å². The Morgan fingerprint density at radius 1 is 1.19 bits per heavy atom. The lowest BCUT2D eigenvalue weighted by molar-refractivity contribution is -0.0879. The van der Waals surface area contributed by atoms with Gasteiger partial charge in [0, 0.05) is 24.4 Å². The van der Waals surface area contributed by atoms with Crippen LogP contribution in [0.25, 0.3) is 0 Å². The zero-order valence-corrected chi connectivity index (χ0v) is 15.1. The van der Waals surface area contributed by atoms with Crippen LogP contribution >= 0.6 is 0 Å². The van der Waals surface area contributed by atoms with E-state index in [-0.39, 0.29) is 6.61 Å². The number of aliphatic hydroxyl groups excluding tert-OH is 1. The van der Waals surface area contributed by atoms with E-state index in [9.17, 15) is 13.2 Å². The highest BCUT2D eigenvalue weighted by Crippen LogP contribution is 2.29. The number of halogens is 3. The lowest BCUT2D eigenvalue weighted by Crippen LogP contribution is -2.11. The van der Waals surface area contributed by atoms with Crippen LogP contribution in [-0.4, -0.2) is 23.6 Å². The van der Waals surface area contributed by atoms with Crippen molar-refractivity contribution >= 4 is 5.71 Å². The molecule has 5 heteroatoms. The predicted molar refractivity (Wildman–Crippen MR) is 99.3 cm³/mol. The summed E-state index contributed by atoms with van der Waals surface area (Å²) in [6.45, 7) is 5.13. The van der Waals surface area contributed by atoms with E-state index in [1.165, 1.54) is 0 Å². The van der Waals surface area contributed by atoms with Crippen molar-refractivity contribution < 1.29 is 18.3 Å². The van der Waals surface area contributed by atoms with Gasteiger partial charge in [0.25, 0.3) is 0 Å². The molecule has 142 valence electrons. The third-order valence-electron chi connectivity index (χ3n) is 4.78. The molecule has 1 fully saturated rings. The van der Waals surface area contributed by atoms with Crippen LogP contribution in [0.2, 0.25) is 0 Å². The van der Waals surface area contributed by atoms with Crippen molar-refractivity contribution in [1.82, 2.24) is 0 Å². The van der Waals surface area contributed by atoms with E-state index >= 15 is 0 Å². The van der Waals surface area contributed by atoms with Crippen LogP contribution in [0.4, 0.5) is 13.2 Å². The number of rotatable bonds is 7. The Kier molecular flexibility index (Phi) is 7.21. The van der Waals surface area contributed by atoms with Gasteiger partial charge in [0.05, 0.1) is 5.57 Å². The Labute approximate surface area is 153 Å². The topological polar surface area (TPSA) is 32.6 Å². The van der Waals surface area contributed by atoms with E-state index in [4.69, 9.17) is 5.11 Å². The molecule has 0 aromatic heterocycles. The maximum atomic E-state index is 12.9. The fourth-order valence-corrected chi connectivity index (χ4v) is 3.23. The number of aliphatic imine (C=N–C) groups is 1. The second kappa shape index (κ2) is 9.17. The number of benzene rings is 1. The molecule has 0 unspecified atom stereocenters. The van der Waals surface area contributed by atoms with Crippen LogP contribution in [0.3, 0.4) is 0 Å². The first-order valence-corrected chi connectivity index (χ1v) is 9.00. The molecular weight excluding hydrogens is 339 g/mol. The zero-order chi connectivity index (χ0) is 19.2. The van der Waals surface area contributed by atoms with Gasteiger partial charge >= 0.3 is 6.18 Å². The first kappa shape index (κ1) is 20.4. The molecule has 1 aromatic carbocycles. The minimum absolute atomic E-state index is 0.0702. The second-order valence-electron chi connectivity index (χ2n) is 6.86. The molecule has 0 amide bonds. The van der Waals surface area contributed by atoms with E-state index in [2.05, 4.69) is 11.6 Å². The summed E-state index contributed by atoms with van der Waals surface area (Å²) in [6, 6.07) is 7.51. The summed E-state index contributed by atoms with van der Waals surface area (Å²) in [7, 11) is 0. The molecule has 26 heavy (non-hydrogen) atoms. The van der Waals surface area contributed by atoms with E-state index in [0.29, 0.717) is 24.5 Å². The molecular formula is C21H26F3NO. The largest absolute Gasteiger partial charge is 0.415 e. The average molecular weight is 365 g/mol. The molecule has 0 heterocycles. The van der Waals surface area contributed by atoms with Gasteiger partial charge in [-0.1, -0.05) is 43.7 Å². The first-order chi connectivity index (χ1) is 12.3. The lowest BCUT2D eigenvalue weighted by Gasteiger charge is -2.12. The van der Waals surface area contributed by atoms with Crippen molar-refractivity contribution in [2.45, 2.75) is 51.6 Å². The molecule has 0 aliphatic heterocycles. The van der Waals surface area contributed by atoms with Crippen LogP contribution in [0.1, 0.15) is 43.7 Å². The van der Waals surface area contributed by atoms with Gasteiger partial charge in [-0.3, -0.25) is 4.99 Å². The third-order valence-corrected chi connectivity index (χ3v) is 4.78. The highest BCUT2D eigenvalue weighted by atomic mass is 19.4. The lowest BCUT2D eigenvalue weighted by atomic mass is 10.0. The summed E-state index contributed by atoms with van der Waals surface area (Å²) in [4.78, 5) is 4.54. The monoisotopic (exact) mass is 365 g/mol. The Morgan fingerprint density at radius 3 is 2.31 bits per heavy atom. The quantitative estimate of drug-likeness (QED) is 0.508. The minimum Gasteiger partial charge on any atom is -0.396 e. The maximum Gasteiger partial charge on any atom is 0.415 e. The number of aliphatic hydroxyl groups is 1. The standard InChI is InChI=1S/C21H26F3NO/c1-15(21(22,23)24)13-20(25-16(2)19-5-3-4-6-19)14-18-9-7-17(8-10-18)11-12-26/h7-10,13,19,26H,1,3-6,11-12,14H2,2H3/b20-13-,25-16+. The zero-order valence-electron chi connectivity index (χ0n) is 15.1. The highest BCUT2D eigenvalue weighted by molar-refractivity contribution is 5.85. The van der Waals surface area contributed by atoms with E-state index in [1.807, 2.05) is 31.2 Å². The minimum atomic E-state index is -4.45. The first-order valence-electron chi connectivity index (χ1n) is 9.00. The van der Waals surface area contributed by atoms with Crippen LogP contribution in [-0.2, 0) is 12.8 Å². The van der Waals surface area contributed by atoms with Crippen LogP contribution in [0, 0.1) is 5.92 Å². The van der Waals surface area contributed by atoms with Crippen molar-refractivity contribution in [2.24, 2.45) is 10.9 Å². The summed E-state index contributed by atoms with van der Waals surface area (Å²) in [5, 5.41) is 8.97. The Bertz CT molecular complexity index is 665. The van der Waals surface area contributed by atoms with Gasteiger partial charge in [0.1, 0.15) is 0 Å². The van der Waals surface area contributed by atoms with Crippen molar-refractivity contribution in [2.75, 3.05) is 6.61 Å². The molecule has 0 saturated heterocycles. The van der Waals surface area contributed by atoms with E-state index in [0.717, 1.165) is 48.6 Å². The molecule has 0 spiro atoms. The molecule has 2 rings (SSSR count). The van der Waals surface area contributed by atoms with E-state index in [1.54, 1.807) is 0 Å². The van der Waals surface area contributed by atoms with Gasteiger partial charge in [-0.25, -0.2) is 0 Å². The Balaban J connectivity index is 2.23. The number of alkyl halides is 3. The summed E-state index contributed by atoms with van der Waals surface area (Å²) in [5.74, 6) is 0.365. The van der Waals surface area contributed by atoms with E-state index < -0.39 is 11.7 Å². The molecule has 1 N–H and O–H groups in total. The SMILES string of the molecule is C=C(/C=C(Cc1ccc(CCO)cc1)\N=C(/C)C1CCCC1)C(F)(F)F. The summed E-state index contributed by atoms with van der Waals surface area (Å²) in [5.41, 5.74) is 2.28. The number of allylic oxidation sites excluding steroid dienone is 3. The van der Waals surface area contributed by atoms with Crippen LogP contribution in [0.15, 0.2) is 53.2 Å². The van der Waals surface area contributed by atoms with Crippen molar-refractivity contribution in [1.29, 1.82) is 0 Å². The van der Waals surface area contributed by atoms with Crippen molar-refractivity contribution in [3.8, 4) is 0 Å². The Hall–Kier alpha value is -1.88. The Morgan fingerprint density at radius 2 is 1.77 bits per heavy atom. The molecule has 0 atom stereocenters. The predicted octanol–water partition coefficient (Wildman–Crippen LogP) is 5.42. The van der Waals surface area contributed by atoms with Gasteiger partial charge in [0.2, 0.25) is 0 Å². The van der Waals surface area contributed by atoms with Gasteiger partial charge < -0.3 is 5.11 Å². The van der Waals surface area contributed by atoms with Gasteiger partial charge in [-0.15, -0.1) is 0 Å². The average Bonchev–Trinajstić information content (AvgIpc) is 3.10. The number of hydrogen-bond acceptors (Lipinski definition) is 2. The fraction of sp³-hybridized carbons (Fsp3) is 0.476. The molecule has 2 nitrogen and oxygen atoms in total. The fourth-order valence-electron chi connectivity index (χ4n) is 3.23. The molecule has 1 aromatic rings. The number of nitrogens with zero attached hydrogens (tertiary/aromatic N) is 1. The van der Waals surface area contributed by atoms with Crippen molar-refractivity contribution in [3.05, 3.63) is 59.3 Å². The highest BCUT2D eigenvalue weighted by Gasteiger charge is 2.30. The maximum absolute atomic E-state index is 12.9. The molecule has 1 aliphatic carbocycles. The van der Waals surface area contributed by atoms with Crippen LogP contribution in [0.5, 0.6) is 0 Å². The van der Waals surface area contributed by atoms with Gasteiger partial charge in [-0.05, 0) is 49.3 Å². The molecule has 1 saturated carbocycles. The molecule has 0 bridgehead atoms.